The van der Waals surface area contributed by atoms with Gasteiger partial charge >= 0.3 is 6.03 Å². The van der Waals surface area contributed by atoms with Crippen molar-refractivity contribution < 1.29 is 13.6 Å². The maximum Gasteiger partial charge on any atom is 0.321 e. The van der Waals surface area contributed by atoms with Crippen LogP contribution in [0.25, 0.3) is 6.08 Å². The van der Waals surface area contributed by atoms with Gasteiger partial charge in [-0.15, -0.1) is 0 Å². The van der Waals surface area contributed by atoms with Crippen LogP contribution in [0.15, 0.2) is 48.0 Å². The number of urea groups is 1. The van der Waals surface area contributed by atoms with Gasteiger partial charge < -0.3 is 16.0 Å². The van der Waals surface area contributed by atoms with Crippen molar-refractivity contribution in [1.29, 1.82) is 0 Å². The lowest BCUT2D eigenvalue weighted by Crippen LogP contribution is -2.39. The van der Waals surface area contributed by atoms with Crippen LogP contribution in [0.1, 0.15) is 18.4 Å². The fraction of sp³-hybridized carbons (Fsp3) is 0.211. The largest absolute Gasteiger partial charge is 0.399 e. The van der Waals surface area contributed by atoms with Crippen LogP contribution < -0.4 is 11.1 Å². The molecule has 1 aliphatic heterocycles. The van der Waals surface area contributed by atoms with Crippen molar-refractivity contribution in [3.63, 3.8) is 0 Å². The Morgan fingerprint density at radius 2 is 1.76 bits per heavy atom. The van der Waals surface area contributed by atoms with E-state index in [2.05, 4.69) is 5.32 Å². The van der Waals surface area contributed by atoms with Gasteiger partial charge in [-0.05, 0) is 55.3 Å². The van der Waals surface area contributed by atoms with Gasteiger partial charge in [0.15, 0.2) is 0 Å². The Kier molecular flexibility index (Phi) is 4.97. The Labute approximate surface area is 144 Å². The molecule has 2 aromatic carbocycles. The van der Waals surface area contributed by atoms with Crippen LogP contribution in [0.3, 0.4) is 0 Å². The van der Waals surface area contributed by atoms with Gasteiger partial charge in [-0.25, -0.2) is 13.6 Å². The lowest BCUT2D eigenvalue weighted by Gasteiger charge is -2.28. The molecule has 6 heteroatoms. The second-order valence-electron chi connectivity index (χ2n) is 6.01. The number of anilines is 2. The number of nitrogens with two attached hydrogens (primary N) is 1. The van der Waals surface area contributed by atoms with E-state index in [0.29, 0.717) is 37.3 Å². The molecular weight excluding hydrogens is 324 g/mol. The Bertz CT molecular complexity index is 793. The third-order valence-corrected chi connectivity index (χ3v) is 4.17. The summed E-state index contributed by atoms with van der Waals surface area (Å²) >= 11 is 0. The van der Waals surface area contributed by atoms with E-state index >= 15 is 0 Å². The molecule has 130 valence electrons. The van der Waals surface area contributed by atoms with Gasteiger partial charge in [0.2, 0.25) is 0 Å². The van der Waals surface area contributed by atoms with Gasteiger partial charge in [0.1, 0.15) is 11.6 Å². The maximum absolute atomic E-state index is 13.7. The maximum atomic E-state index is 13.7. The van der Waals surface area contributed by atoms with Crippen LogP contribution in [0.2, 0.25) is 0 Å². The average Bonchev–Trinajstić information content (AvgIpc) is 2.61. The van der Waals surface area contributed by atoms with E-state index in [1.54, 1.807) is 35.2 Å². The van der Waals surface area contributed by atoms with E-state index in [4.69, 9.17) is 5.73 Å². The molecule has 1 heterocycles. The van der Waals surface area contributed by atoms with Crippen LogP contribution in [0.4, 0.5) is 25.0 Å². The van der Waals surface area contributed by atoms with Gasteiger partial charge in [0.05, 0.1) is 0 Å². The molecule has 0 aliphatic carbocycles. The molecule has 0 atom stereocenters. The standard InChI is InChI=1S/C19H19F2N3O/c20-15-1-6-18(21)14(12-15)11-13-7-9-24(10-8-13)19(25)23-17-4-2-16(22)3-5-17/h1-6,11-12H,7-10,22H2,(H,23,25). The number of hydrogen-bond donors (Lipinski definition) is 2. The molecule has 0 spiro atoms. The number of nitrogens with zero attached hydrogens (tertiary/aromatic N) is 1. The topological polar surface area (TPSA) is 58.4 Å². The summed E-state index contributed by atoms with van der Waals surface area (Å²) in [5, 5.41) is 2.82. The summed E-state index contributed by atoms with van der Waals surface area (Å²) in [6.07, 6.45) is 2.93. The highest BCUT2D eigenvalue weighted by Gasteiger charge is 2.19. The predicted octanol–water partition coefficient (Wildman–Crippen LogP) is 4.26. The van der Waals surface area contributed by atoms with E-state index in [-0.39, 0.29) is 11.6 Å². The van der Waals surface area contributed by atoms with Gasteiger partial charge in [0.25, 0.3) is 0 Å². The number of nitrogen functional groups attached to an aromatic ring is 1. The van der Waals surface area contributed by atoms with Crippen LogP contribution in [-0.2, 0) is 0 Å². The van der Waals surface area contributed by atoms with Crippen molar-refractivity contribution in [2.45, 2.75) is 12.8 Å². The summed E-state index contributed by atoms with van der Waals surface area (Å²) in [7, 11) is 0. The van der Waals surface area contributed by atoms with Crippen molar-refractivity contribution in [2.24, 2.45) is 0 Å². The molecule has 0 radical (unpaired) electrons. The number of amides is 2. The first-order chi connectivity index (χ1) is 12.0. The number of carbonyl (C=O) groups excluding carboxylic acids is 1. The van der Waals surface area contributed by atoms with Gasteiger partial charge in [-0.2, -0.15) is 0 Å². The Hall–Kier alpha value is -2.89. The molecule has 25 heavy (non-hydrogen) atoms. The number of rotatable bonds is 2. The monoisotopic (exact) mass is 343 g/mol. The number of nitrogens with one attached hydrogen (secondary N) is 1. The van der Waals surface area contributed by atoms with Gasteiger partial charge in [-0.1, -0.05) is 11.6 Å². The first-order valence-corrected chi connectivity index (χ1v) is 8.07. The SMILES string of the molecule is Nc1ccc(NC(=O)N2CCC(=Cc3cc(F)ccc3F)CC2)cc1. The first kappa shape index (κ1) is 17.0. The van der Waals surface area contributed by atoms with E-state index in [1.165, 1.54) is 6.07 Å². The van der Waals surface area contributed by atoms with Crippen molar-refractivity contribution in [1.82, 2.24) is 4.90 Å². The second-order valence-corrected chi connectivity index (χ2v) is 6.01. The molecule has 2 amide bonds. The van der Waals surface area contributed by atoms with Crippen molar-refractivity contribution in [2.75, 3.05) is 24.1 Å². The van der Waals surface area contributed by atoms with E-state index in [9.17, 15) is 13.6 Å². The fourth-order valence-corrected chi connectivity index (χ4v) is 2.76. The zero-order valence-electron chi connectivity index (χ0n) is 13.6. The number of piperidine rings is 1. The lowest BCUT2D eigenvalue weighted by molar-refractivity contribution is 0.208. The minimum Gasteiger partial charge on any atom is -0.399 e. The predicted molar refractivity (Wildman–Crippen MR) is 95.0 cm³/mol. The summed E-state index contributed by atoms with van der Waals surface area (Å²) in [6.45, 7) is 1.06. The average molecular weight is 343 g/mol. The molecule has 2 aromatic rings. The van der Waals surface area contributed by atoms with Crippen LogP contribution in [0, 0.1) is 11.6 Å². The van der Waals surface area contributed by atoms with Crippen molar-refractivity contribution >= 4 is 23.5 Å². The number of carbonyl (C=O) groups is 1. The third kappa shape index (κ3) is 4.35. The normalized spacial score (nSPS) is 14.3. The summed E-state index contributed by atoms with van der Waals surface area (Å²) < 4.78 is 26.9. The molecule has 0 bridgehead atoms. The van der Waals surface area contributed by atoms with Crippen molar-refractivity contribution in [3.8, 4) is 0 Å². The lowest BCUT2D eigenvalue weighted by atomic mass is 10.0. The Morgan fingerprint density at radius 1 is 1.08 bits per heavy atom. The second kappa shape index (κ2) is 7.34. The van der Waals surface area contributed by atoms with Crippen LogP contribution in [0.5, 0.6) is 0 Å². The molecule has 1 aliphatic rings. The molecule has 0 aromatic heterocycles. The van der Waals surface area contributed by atoms with E-state index in [0.717, 1.165) is 17.7 Å². The smallest absolute Gasteiger partial charge is 0.321 e. The van der Waals surface area contributed by atoms with Crippen LogP contribution in [-0.4, -0.2) is 24.0 Å². The number of likely N-dealkylation sites (tertiary alicyclic amines) is 1. The Balaban J connectivity index is 1.59. The number of benzene rings is 2. The summed E-state index contributed by atoms with van der Waals surface area (Å²) in [4.78, 5) is 14.0. The van der Waals surface area contributed by atoms with E-state index in [1.807, 2.05) is 0 Å². The highest BCUT2D eigenvalue weighted by molar-refractivity contribution is 5.89. The minimum absolute atomic E-state index is 0.180. The first-order valence-electron chi connectivity index (χ1n) is 8.07. The van der Waals surface area contributed by atoms with E-state index < -0.39 is 11.6 Å². The zero-order valence-corrected chi connectivity index (χ0v) is 13.6. The summed E-state index contributed by atoms with van der Waals surface area (Å²) in [5.41, 5.74) is 8.18. The summed E-state index contributed by atoms with van der Waals surface area (Å²) in [6, 6.07) is 10.2. The number of hydrogen-bond acceptors (Lipinski definition) is 2. The Morgan fingerprint density at radius 3 is 2.44 bits per heavy atom. The quantitative estimate of drug-likeness (QED) is 0.801. The van der Waals surface area contributed by atoms with Crippen molar-refractivity contribution in [3.05, 3.63) is 65.2 Å². The summed E-state index contributed by atoms with van der Waals surface area (Å²) in [5.74, 6) is -0.911. The highest BCUT2D eigenvalue weighted by Crippen LogP contribution is 2.22. The molecule has 3 N–H and O–H groups in total. The fourth-order valence-electron chi connectivity index (χ4n) is 2.76. The minimum atomic E-state index is -0.464. The molecule has 1 saturated heterocycles. The van der Waals surface area contributed by atoms with Gasteiger partial charge in [0, 0.05) is 30.0 Å². The third-order valence-electron chi connectivity index (χ3n) is 4.17. The molecule has 1 fully saturated rings. The molecule has 3 rings (SSSR count). The molecule has 4 nitrogen and oxygen atoms in total. The van der Waals surface area contributed by atoms with Crippen LogP contribution >= 0.6 is 0 Å². The zero-order chi connectivity index (χ0) is 17.8. The van der Waals surface area contributed by atoms with Gasteiger partial charge in [-0.3, -0.25) is 0 Å². The molecule has 0 saturated carbocycles. The molecule has 0 unspecified atom stereocenters. The molecular formula is C19H19F2N3O. The number of halogens is 2. The highest BCUT2D eigenvalue weighted by atomic mass is 19.1.